The Bertz CT molecular complexity index is 1720. The summed E-state index contributed by atoms with van der Waals surface area (Å²) in [5.41, 5.74) is 10.6. The number of benzene rings is 6. The lowest BCUT2D eigenvalue weighted by molar-refractivity contribution is 0.764. The third-order valence-corrected chi connectivity index (χ3v) is 8.49. The summed E-state index contributed by atoms with van der Waals surface area (Å²) in [6.45, 7) is 0. The van der Waals surface area contributed by atoms with Crippen molar-refractivity contribution >= 4 is 33.0 Å². The van der Waals surface area contributed by atoms with Crippen LogP contribution >= 0.6 is 15.9 Å². The first-order valence-corrected chi connectivity index (χ1v) is 14.0. The molecule has 0 saturated carbocycles. The Kier molecular flexibility index (Phi) is 5.91. The first kappa shape index (κ1) is 23.7. The lowest BCUT2D eigenvalue weighted by Gasteiger charge is -2.35. The number of halogens is 1. The molecule has 0 N–H and O–H groups in total. The Labute approximate surface area is 238 Å². The maximum atomic E-state index is 3.95. The fourth-order valence-corrected chi connectivity index (χ4v) is 6.80. The van der Waals surface area contributed by atoms with E-state index in [0.717, 1.165) is 21.5 Å². The van der Waals surface area contributed by atoms with Crippen LogP contribution in [0.1, 0.15) is 22.3 Å². The summed E-state index contributed by atoms with van der Waals surface area (Å²) >= 11 is 3.95. The van der Waals surface area contributed by atoms with Gasteiger partial charge in [-0.1, -0.05) is 131 Å². The average Bonchev–Trinajstić information content (AvgIpc) is 3.30. The Morgan fingerprint density at radius 1 is 0.410 bits per heavy atom. The summed E-state index contributed by atoms with van der Waals surface area (Å²) < 4.78 is 1.10. The zero-order valence-electron chi connectivity index (χ0n) is 21.3. The smallest absolute Gasteiger partial charge is 0.0725 e. The van der Waals surface area contributed by atoms with Gasteiger partial charge in [0, 0.05) is 21.5 Å². The Morgan fingerprint density at radius 3 is 1.56 bits per heavy atom. The van der Waals surface area contributed by atoms with E-state index >= 15 is 0 Å². The second-order valence-electron chi connectivity index (χ2n) is 9.88. The second kappa shape index (κ2) is 9.72. The van der Waals surface area contributed by atoms with Crippen molar-refractivity contribution < 1.29 is 0 Å². The van der Waals surface area contributed by atoms with Gasteiger partial charge in [-0.2, -0.15) is 0 Å². The van der Waals surface area contributed by atoms with Gasteiger partial charge in [-0.3, -0.25) is 0 Å². The van der Waals surface area contributed by atoms with Crippen LogP contribution in [0.3, 0.4) is 0 Å². The topological polar surface area (TPSA) is 3.24 Å². The normalized spacial score (nSPS) is 15.4. The van der Waals surface area contributed by atoms with Crippen molar-refractivity contribution in [3.63, 3.8) is 0 Å². The van der Waals surface area contributed by atoms with E-state index in [-0.39, 0.29) is 0 Å². The molecule has 39 heavy (non-hydrogen) atoms. The van der Waals surface area contributed by atoms with Crippen LogP contribution in [0.25, 0.3) is 11.1 Å². The fourth-order valence-electron chi connectivity index (χ4n) is 6.22. The largest absolute Gasteiger partial charge is 0.310 e. The monoisotopic (exact) mass is 563 g/mol. The van der Waals surface area contributed by atoms with Gasteiger partial charge in [-0.05, 0) is 75.8 Å². The highest BCUT2D eigenvalue weighted by Crippen LogP contribution is 2.58. The highest BCUT2D eigenvalue weighted by molar-refractivity contribution is 9.10. The van der Waals surface area contributed by atoms with Gasteiger partial charge in [-0.25, -0.2) is 0 Å². The van der Waals surface area contributed by atoms with Gasteiger partial charge in [0.2, 0.25) is 0 Å². The summed E-state index contributed by atoms with van der Waals surface area (Å²) in [4.78, 5) is 2.35. The number of hydrogen-bond acceptors (Lipinski definition) is 1. The second-order valence-corrected chi connectivity index (χ2v) is 10.7. The molecule has 0 radical (unpaired) electrons. The standard InChI is InChI=1S/C37H26BrN/c38-36-23-13-12-22-34(36)37(27-14-4-1-5-15-27)33-21-11-10-20-31(33)32-25-24-30(26-35(32)37)39(28-16-6-2-7-17-28)29-18-8-3-9-19-29/h1-26H. The van der Waals surface area contributed by atoms with Crippen LogP contribution in [0.2, 0.25) is 0 Å². The van der Waals surface area contributed by atoms with Gasteiger partial charge in [0.25, 0.3) is 0 Å². The zero-order valence-corrected chi connectivity index (χ0v) is 22.9. The first-order valence-electron chi connectivity index (χ1n) is 13.2. The first-order chi connectivity index (χ1) is 19.3. The maximum Gasteiger partial charge on any atom is 0.0725 e. The molecule has 1 aliphatic rings. The molecule has 0 aliphatic heterocycles. The average molecular weight is 565 g/mol. The van der Waals surface area contributed by atoms with Gasteiger partial charge >= 0.3 is 0 Å². The quantitative estimate of drug-likeness (QED) is 0.201. The minimum Gasteiger partial charge on any atom is -0.310 e. The Morgan fingerprint density at radius 2 is 0.923 bits per heavy atom. The third kappa shape index (κ3) is 3.75. The summed E-state index contributed by atoms with van der Waals surface area (Å²) in [6.07, 6.45) is 0. The lowest BCUT2D eigenvalue weighted by Crippen LogP contribution is -2.29. The number of hydrogen-bond donors (Lipinski definition) is 0. The highest BCUT2D eigenvalue weighted by Gasteiger charge is 2.47. The molecule has 186 valence electrons. The van der Waals surface area contributed by atoms with Crippen LogP contribution in [0.15, 0.2) is 162 Å². The molecule has 6 aromatic carbocycles. The molecule has 0 aromatic heterocycles. The molecule has 0 saturated heterocycles. The van der Waals surface area contributed by atoms with E-state index in [9.17, 15) is 0 Å². The molecule has 0 fully saturated rings. The van der Waals surface area contributed by atoms with Crippen molar-refractivity contribution in [3.05, 3.63) is 184 Å². The number of rotatable bonds is 5. The van der Waals surface area contributed by atoms with Crippen LogP contribution in [0.4, 0.5) is 17.1 Å². The van der Waals surface area contributed by atoms with E-state index in [1.807, 2.05) is 0 Å². The molecule has 0 amide bonds. The van der Waals surface area contributed by atoms with E-state index in [1.165, 1.54) is 33.4 Å². The van der Waals surface area contributed by atoms with Crippen molar-refractivity contribution in [1.29, 1.82) is 0 Å². The Balaban J connectivity index is 1.57. The van der Waals surface area contributed by atoms with Crippen LogP contribution in [0, 0.1) is 0 Å². The van der Waals surface area contributed by atoms with E-state index in [2.05, 4.69) is 179 Å². The molecule has 0 spiro atoms. The number of fused-ring (bicyclic) bond motifs is 3. The molecule has 0 bridgehead atoms. The SMILES string of the molecule is Brc1ccccc1C1(c2ccccc2)c2ccccc2-c2ccc(N(c3ccccc3)c3ccccc3)cc21. The predicted octanol–water partition coefficient (Wildman–Crippen LogP) is 10.3. The van der Waals surface area contributed by atoms with E-state index in [4.69, 9.17) is 0 Å². The highest BCUT2D eigenvalue weighted by atomic mass is 79.9. The number of anilines is 3. The van der Waals surface area contributed by atoms with Crippen LogP contribution in [-0.4, -0.2) is 0 Å². The van der Waals surface area contributed by atoms with Crippen LogP contribution < -0.4 is 4.90 Å². The molecule has 0 heterocycles. The minimum atomic E-state index is -0.470. The van der Waals surface area contributed by atoms with Gasteiger partial charge in [0.05, 0.1) is 5.41 Å². The third-order valence-electron chi connectivity index (χ3n) is 7.80. The van der Waals surface area contributed by atoms with Crippen molar-refractivity contribution in [3.8, 4) is 11.1 Å². The van der Waals surface area contributed by atoms with Crippen molar-refractivity contribution in [1.82, 2.24) is 0 Å². The number of nitrogens with zero attached hydrogens (tertiary/aromatic N) is 1. The lowest BCUT2D eigenvalue weighted by atomic mass is 9.67. The zero-order chi connectivity index (χ0) is 26.2. The van der Waals surface area contributed by atoms with E-state index in [1.54, 1.807) is 0 Å². The van der Waals surface area contributed by atoms with Crippen LogP contribution in [-0.2, 0) is 5.41 Å². The molecular formula is C37H26BrN. The van der Waals surface area contributed by atoms with Crippen molar-refractivity contribution in [2.45, 2.75) is 5.41 Å². The molecule has 2 heteroatoms. The summed E-state index contributed by atoms with van der Waals surface area (Å²) in [5, 5.41) is 0. The molecular weight excluding hydrogens is 538 g/mol. The molecule has 1 unspecified atom stereocenters. The molecule has 1 aliphatic carbocycles. The summed E-state index contributed by atoms with van der Waals surface area (Å²) in [6, 6.07) is 56.7. The van der Waals surface area contributed by atoms with Gasteiger partial charge < -0.3 is 4.90 Å². The molecule has 1 atom stereocenters. The van der Waals surface area contributed by atoms with Crippen molar-refractivity contribution in [2.75, 3.05) is 4.90 Å². The summed E-state index contributed by atoms with van der Waals surface area (Å²) in [7, 11) is 0. The van der Waals surface area contributed by atoms with Crippen molar-refractivity contribution in [2.24, 2.45) is 0 Å². The Hall–Kier alpha value is -4.40. The molecule has 6 aromatic rings. The maximum absolute atomic E-state index is 3.95. The van der Waals surface area contributed by atoms with E-state index < -0.39 is 5.41 Å². The predicted molar refractivity (Wildman–Crippen MR) is 166 cm³/mol. The minimum absolute atomic E-state index is 0.470. The van der Waals surface area contributed by atoms with Crippen LogP contribution in [0.5, 0.6) is 0 Å². The molecule has 1 nitrogen and oxygen atoms in total. The van der Waals surface area contributed by atoms with Gasteiger partial charge in [0.15, 0.2) is 0 Å². The van der Waals surface area contributed by atoms with E-state index in [0.29, 0.717) is 0 Å². The van der Waals surface area contributed by atoms with Gasteiger partial charge in [-0.15, -0.1) is 0 Å². The molecule has 7 rings (SSSR count). The fraction of sp³-hybridized carbons (Fsp3) is 0.0270. The van der Waals surface area contributed by atoms with Gasteiger partial charge in [0.1, 0.15) is 0 Å². The summed E-state index contributed by atoms with van der Waals surface area (Å²) in [5.74, 6) is 0. The number of para-hydroxylation sites is 2.